The number of aromatic nitrogens is 1. The molecule has 0 amide bonds. The van der Waals surface area contributed by atoms with Crippen molar-refractivity contribution in [2.24, 2.45) is 10.4 Å². The number of pyridine rings is 1. The molecule has 0 unspecified atom stereocenters. The van der Waals surface area contributed by atoms with Crippen LogP contribution in [0.3, 0.4) is 0 Å². The molecule has 1 aromatic carbocycles. The summed E-state index contributed by atoms with van der Waals surface area (Å²) in [6, 6.07) is 13.9. The Morgan fingerprint density at radius 1 is 1.17 bits per heavy atom. The molecular weight excluding hydrogens is 320 g/mol. The van der Waals surface area contributed by atoms with Crippen molar-refractivity contribution in [3.63, 3.8) is 0 Å². The lowest BCUT2D eigenvalue weighted by Crippen LogP contribution is -2.42. The molecule has 0 aliphatic heterocycles. The van der Waals surface area contributed by atoms with E-state index in [0.717, 1.165) is 29.6 Å². The molecule has 0 saturated carbocycles. The molecule has 0 bridgehead atoms. The predicted octanol–water partition coefficient (Wildman–Crippen LogP) is 3.67. The van der Waals surface area contributed by atoms with Crippen LogP contribution in [0, 0.1) is 5.41 Å². The fourth-order valence-corrected chi connectivity index (χ4v) is 2.70. The van der Waals surface area contributed by atoms with Crippen molar-refractivity contribution in [2.45, 2.75) is 26.8 Å². The van der Waals surface area contributed by atoms with Crippen LogP contribution in [0.4, 0.5) is 0 Å². The van der Waals surface area contributed by atoms with Crippen molar-refractivity contribution in [3.05, 3.63) is 64.9 Å². The van der Waals surface area contributed by atoms with Gasteiger partial charge in [-0.05, 0) is 41.7 Å². The number of nitrogens with one attached hydrogen (secondary N) is 2. The smallest absolute Gasteiger partial charge is 0.191 e. The molecule has 0 aliphatic carbocycles. The average molecular weight is 345 g/mol. The molecule has 5 heteroatoms. The van der Waals surface area contributed by atoms with Crippen LogP contribution >= 0.6 is 11.6 Å². The number of hydrogen-bond acceptors (Lipinski definition) is 2. The Hall–Kier alpha value is -2.07. The second-order valence-electron chi connectivity index (χ2n) is 6.57. The Kier molecular flexibility index (Phi) is 6.62. The van der Waals surface area contributed by atoms with E-state index in [1.807, 2.05) is 36.4 Å². The van der Waals surface area contributed by atoms with Gasteiger partial charge in [-0.2, -0.15) is 0 Å². The molecule has 0 spiro atoms. The van der Waals surface area contributed by atoms with Gasteiger partial charge in [0.15, 0.2) is 5.96 Å². The second kappa shape index (κ2) is 8.69. The summed E-state index contributed by atoms with van der Waals surface area (Å²) in [6.07, 6.45) is 2.74. The summed E-state index contributed by atoms with van der Waals surface area (Å²) >= 11 is 6.07. The van der Waals surface area contributed by atoms with E-state index in [1.54, 1.807) is 13.2 Å². The monoisotopic (exact) mass is 344 g/mol. The number of benzene rings is 1. The van der Waals surface area contributed by atoms with Gasteiger partial charge in [0.05, 0.1) is 12.2 Å². The van der Waals surface area contributed by atoms with Gasteiger partial charge in [-0.1, -0.05) is 43.6 Å². The molecule has 0 fully saturated rings. The van der Waals surface area contributed by atoms with Crippen LogP contribution in [-0.4, -0.2) is 24.5 Å². The lowest BCUT2D eigenvalue weighted by molar-refractivity contribution is 0.359. The van der Waals surface area contributed by atoms with Crippen molar-refractivity contribution >= 4 is 17.6 Å². The zero-order valence-electron chi connectivity index (χ0n) is 14.5. The molecule has 1 aromatic heterocycles. The third-order valence-electron chi connectivity index (χ3n) is 3.69. The summed E-state index contributed by atoms with van der Waals surface area (Å²) in [5.74, 6) is 0.778. The lowest BCUT2D eigenvalue weighted by atomic mass is 9.86. The molecule has 4 nitrogen and oxygen atoms in total. The van der Waals surface area contributed by atoms with Crippen molar-refractivity contribution in [3.8, 4) is 0 Å². The van der Waals surface area contributed by atoms with Crippen LogP contribution in [0.25, 0.3) is 0 Å². The summed E-state index contributed by atoms with van der Waals surface area (Å²) in [4.78, 5) is 8.57. The third-order valence-corrected chi connectivity index (χ3v) is 3.93. The molecular formula is C19H25ClN4. The minimum atomic E-state index is 0.0767. The summed E-state index contributed by atoms with van der Waals surface area (Å²) in [5.41, 5.74) is 2.30. The van der Waals surface area contributed by atoms with Gasteiger partial charge in [-0.25, -0.2) is 0 Å². The zero-order chi connectivity index (χ0) is 17.4. The van der Waals surface area contributed by atoms with Crippen molar-refractivity contribution in [1.82, 2.24) is 15.6 Å². The molecule has 2 N–H and O–H groups in total. The van der Waals surface area contributed by atoms with Crippen LogP contribution in [-0.2, 0) is 13.0 Å². The highest BCUT2D eigenvalue weighted by atomic mass is 35.5. The van der Waals surface area contributed by atoms with E-state index in [2.05, 4.69) is 40.5 Å². The van der Waals surface area contributed by atoms with Gasteiger partial charge in [0.1, 0.15) is 0 Å². The summed E-state index contributed by atoms with van der Waals surface area (Å²) in [5, 5.41) is 7.46. The highest BCUT2D eigenvalue weighted by Gasteiger charge is 2.19. The first-order valence-corrected chi connectivity index (χ1v) is 8.45. The molecule has 0 aliphatic rings. The van der Waals surface area contributed by atoms with E-state index >= 15 is 0 Å². The highest BCUT2D eigenvalue weighted by Crippen LogP contribution is 2.22. The van der Waals surface area contributed by atoms with Gasteiger partial charge in [-0.15, -0.1) is 0 Å². The first kappa shape index (κ1) is 18.3. The molecule has 2 rings (SSSR count). The minimum Gasteiger partial charge on any atom is -0.356 e. The normalized spacial score (nSPS) is 12.1. The predicted molar refractivity (Wildman–Crippen MR) is 101 cm³/mol. The molecule has 0 atom stereocenters. The van der Waals surface area contributed by atoms with Crippen molar-refractivity contribution in [1.29, 1.82) is 0 Å². The van der Waals surface area contributed by atoms with E-state index in [1.165, 1.54) is 5.56 Å². The Labute approximate surface area is 149 Å². The number of halogens is 1. The Bertz CT molecular complexity index is 668. The number of nitrogens with zero attached hydrogens (tertiary/aromatic N) is 2. The second-order valence-corrected chi connectivity index (χ2v) is 7.01. The van der Waals surface area contributed by atoms with Crippen LogP contribution in [0.2, 0.25) is 5.02 Å². The number of aliphatic imine (C=N–C) groups is 1. The van der Waals surface area contributed by atoms with Crippen LogP contribution < -0.4 is 10.6 Å². The van der Waals surface area contributed by atoms with Crippen LogP contribution in [0.5, 0.6) is 0 Å². The standard InChI is InChI=1S/C19H25ClN4/c1-19(2,12-15-7-6-8-16(20)11-15)14-24-18(21-3)23-13-17-9-4-5-10-22-17/h4-11H,12-14H2,1-3H3,(H2,21,23,24). The fourth-order valence-electron chi connectivity index (χ4n) is 2.48. The quantitative estimate of drug-likeness (QED) is 0.621. The first-order chi connectivity index (χ1) is 11.5. The summed E-state index contributed by atoms with van der Waals surface area (Å²) < 4.78 is 0. The Morgan fingerprint density at radius 3 is 2.67 bits per heavy atom. The maximum Gasteiger partial charge on any atom is 0.191 e. The molecule has 0 radical (unpaired) electrons. The topological polar surface area (TPSA) is 49.3 Å². The van der Waals surface area contributed by atoms with Crippen molar-refractivity contribution < 1.29 is 0 Å². The highest BCUT2D eigenvalue weighted by molar-refractivity contribution is 6.30. The molecule has 2 aromatic rings. The van der Waals surface area contributed by atoms with Gasteiger partial charge in [0.2, 0.25) is 0 Å². The summed E-state index contributed by atoms with van der Waals surface area (Å²) in [7, 11) is 1.78. The Balaban J connectivity index is 1.85. The molecule has 1 heterocycles. The average Bonchev–Trinajstić information content (AvgIpc) is 2.55. The number of hydrogen-bond donors (Lipinski definition) is 2. The van der Waals surface area contributed by atoms with E-state index < -0.39 is 0 Å². The Morgan fingerprint density at radius 2 is 2.00 bits per heavy atom. The zero-order valence-corrected chi connectivity index (χ0v) is 15.3. The van der Waals surface area contributed by atoms with Crippen LogP contribution in [0.1, 0.15) is 25.1 Å². The maximum absolute atomic E-state index is 6.07. The largest absolute Gasteiger partial charge is 0.356 e. The van der Waals surface area contributed by atoms with Gasteiger partial charge in [0.25, 0.3) is 0 Å². The van der Waals surface area contributed by atoms with E-state index in [-0.39, 0.29) is 5.41 Å². The minimum absolute atomic E-state index is 0.0767. The third kappa shape index (κ3) is 6.20. The first-order valence-electron chi connectivity index (χ1n) is 8.07. The maximum atomic E-state index is 6.07. The van der Waals surface area contributed by atoms with Crippen LogP contribution in [0.15, 0.2) is 53.7 Å². The number of rotatable bonds is 6. The lowest BCUT2D eigenvalue weighted by Gasteiger charge is -2.26. The van der Waals surface area contributed by atoms with E-state index in [9.17, 15) is 0 Å². The van der Waals surface area contributed by atoms with E-state index in [0.29, 0.717) is 6.54 Å². The van der Waals surface area contributed by atoms with Crippen molar-refractivity contribution in [2.75, 3.05) is 13.6 Å². The molecule has 24 heavy (non-hydrogen) atoms. The molecule has 128 valence electrons. The van der Waals surface area contributed by atoms with Gasteiger partial charge >= 0.3 is 0 Å². The molecule has 0 saturated heterocycles. The van der Waals surface area contributed by atoms with Gasteiger partial charge in [-0.3, -0.25) is 9.98 Å². The van der Waals surface area contributed by atoms with E-state index in [4.69, 9.17) is 11.6 Å². The summed E-state index contributed by atoms with van der Waals surface area (Å²) in [6.45, 7) is 5.91. The fraction of sp³-hybridized carbons (Fsp3) is 0.368. The van der Waals surface area contributed by atoms with Gasteiger partial charge in [0, 0.05) is 24.8 Å². The number of guanidine groups is 1. The SMILES string of the molecule is CN=C(NCc1ccccn1)NCC(C)(C)Cc1cccc(Cl)c1. The van der Waals surface area contributed by atoms with Gasteiger partial charge < -0.3 is 10.6 Å².